The second-order valence-electron chi connectivity index (χ2n) is 4.70. The largest absolute Gasteiger partial charge is 0.484 e. The quantitative estimate of drug-likeness (QED) is 0.739. The molecule has 0 unspecified atom stereocenters. The molecule has 0 aliphatic heterocycles. The van der Waals surface area contributed by atoms with Crippen LogP contribution in [0.3, 0.4) is 0 Å². The maximum atomic E-state index is 12.0. The van der Waals surface area contributed by atoms with Gasteiger partial charge in [-0.05, 0) is 36.4 Å². The van der Waals surface area contributed by atoms with E-state index in [9.17, 15) is 4.79 Å². The van der Waals surface area contributed by atoms with Crippen LogP contribution in [0.4, 0.5) is 5.69 Å². The Morgan fingerprint density at radius 1 is 1.12 bits per heavy atom. The van der Waals surface area contributed by atoms with Crippen LogP contribution in [0, 0.1) is 0 Å². The minimum absolute atomic E-state index is 0.179. The number of anilines is 1. The highest BCUT2D eigenvalue weighted by Gasteiger charge is 2.10. The molecule has 3 aromatic rings. The number of carbonyl (C=O) groups excluding carboxylic acids is 1. The minimum atomic E-state index is -0.369. The fourth-order valence-electron chi connectivity index (χ4n) is 1.93. The number of rotatable bonds is 5. The Bertz CT molecular complexity index is 816. The Morgan fingerprint density at radius 3 is 2.46 bits per heavy atom. The summed E-state index contributed by atoms with van der Waals surface area (Å²) in [5.74, 6) is 0.567. The number of amides is 1. The maximum absolute atomic E-state index is 12.0. The third-order valence-corrected chi connectivity index (χ3v) is 3.69. The third kappa shape index (κ3) is 3.84. The number of para-hydroxylation sites is 1. The van der Waals surface area contributed by atoms with Crippen molar-refractivity contribution in [2.24, 2.45) is 0 Å². The van der Waals surface area contributed by atoms with E-state index in [4.69, 9.17) is 32.4 Å². The van der Waals surface area contributed by atoms with E-state index in [2.05, 4.69) is 15.5 Å². The number of hydrogen-bond acceptors (Lipinski definition) is 5. The van der Waals surface area contributed by atoms with Gasteiger partial charge in [-0.25, -0.2) is 0 Å². The molecule has 0 fully saturated rings. The fourth-order valence-corrected chi connectivity index (χ4v) is 2.43. The highest BCUT2D eigenvalue weighted by atomic mass is 35.5. The van der Waals surface area contributed by atoms with Gasteiger partial charge in [0.15, 0.2) is 6.61 Å². The van der Waals surface area contributed by atoms with Crippen LogP contribution in [0.15, 0.2) is 53.3 Å². The topological polar surface area (TPSA) is 77.2 Å². The molecule has 2 aromatic carbocycles. The van der Waals surface area contributed by atoms with E-state index in [1.54, 1.807) is 42.5 Å². The minimum Gasteiger partial charge on any atom is -0.484 e. The molecule has 0 atom stereocenters. The van der Waals surface area contributed by atoms with E-state index >= 15 is 0 Å². The molecule has 3 rings (SSSR count). The number of benzene rings is 2. The first kappa shape index (κ1) is 16.3. The van der Waals surface area contributed by atoms with E-state index < -0.39 is 0 Å². The smallest absolute Gasteiger partial charge is 0.262 e. The molecule has 1 N–H and O–H groups in total. The van der Waals surface area contributed by atoms with Crippen molar-refractivity contribution in [2.75, 3.05) is 11.9 Å². The van der Waals surface area contributed by atoms with E-state index in [1.165, 1.54) is 6.39 Å². The van der Waals surface area contributed by atoms with Crippen LogP contribution in [-0.2, 0) is 4.79 Å². The van der Waals surface area contributed by atoms with Crippen molar-refractivity contribution in [3.63, 3.8) is 0 Å². The molecule has 0 saturated heterocycles. The summed E-state index contributed by atoms with van der Waals surface area (Å²) in [7, 11) is 0. The average Bonchev–Trinajstić information content (AvgIpc) is 3.11. The number of nitrogens with one attached hydrogen (secondary N) is 1. The molecule has 0 aliphatic rings. The molecule has 0 aliphatic carbocycles. The summed E-state index contributed by atoms with van der Waals surface area (Å²) in [5.41, 5.74) is 1.12. The van der Waals surface area contributed by atoms with Crippen molar-refractivity contribution in [2.45, 2.75) is 0 Å². The molecule has 1 heterocycles. The normalized spacial score (nSPS) is 10.4. The van der Waals surface area contributed by atoms with E-state index in [1.807, 2.05) is 0 Å². The average molecular weight is 364 g/mol. The number of nitrogens with zero attached hydrogens (tertiary/aromatic N) is 2. The summed E-state index contributed by atoms with van der Waals surface area (Å²) in [5, 5.41) is 10.8. The van der Waals surface area contributed by atoms with Gasteiger partial charge in [0, 0.05) is 5.56 Å². The molecule has 0 radical (unpaired) electrons. The van der Waals surface area contributed by atoms with Crippen molar-refractivity contribution < 1.29 is 13.9 Å². The lowest BCUT2D eigenvalue weighted by molar-refractivity contribution is -0.118. The van der Waals surface area contributed by atoms with Gasteiger partial charge in [-0.2, -0.15) is 0 Å². The van der Waals surface area contributed by atoms with Crippen LogP contribution in [-0.4, -0.2) is 22.7 Å². The molecule has 1 aromatic heterocycles. The number of hydrogen-bond donors (Lipinski definition) is 1. The molecule has 1 amide bonds. The molecule has 122 valence electrons. The highest BCUT2D eigenvalue weighted by molar-refractivity contribution is 6.39. The molecular weight excluding hydrogens is 353 g/mol. The fraction of sp³-hybridized carbons (Fsp3) is 0.0625. The SMILES string of the molecule is O=C(COc1ccc(-c2nnco2)cc1)Nc1c(Cl)cccc1Cl. The van der Waals surface area contributed by atoms with Gasteiger partial charge in [-0.3, -0.25) is 4.79 Å². The Morgan fingerprint density at radius 2 is 1.83 bits per heavy atom. The third-order valence-electron chi connectivity index (χ3n) is 3.06. The first-order valence-corrected chi connectivity index (χ1v) is 7.62. The van der Waals surface area contributed by atoms with Crippen LogP contribution in [0.5, 0.6) is 5.75 Å². The summed E-state index contributed by atoms with van der Waals surface area (Å²) in [6, 6.07) is 11.9. The van der Waals surface area contributed by atoms with E-state index in [0.29, 0.717) is 27.4 Å². The van der Waals surface area contributed by atoms with Gasteiger partial charge in [0.25, 0.3) is 5.91 Å². The highest BCUT2D eigenvalue weighted by Crippen LogP contribution is 2.29. The van der Waals surface area contributed by atoms with E-state index in [-0.39, 0.29) is 12.5 Å². The zero-order valence-electron chi connectivity index (χ0n) is 12.2. The van der Waals surface area contributed by atoms with Crippen molar-refractivity contribution in [3.05, 3.63) is 58.9 Å². The number of carbonyl (C=O) groups is 1. The van der Waals surface area contributed by atoms with Crippen LogP contribution in [0.2, 0.25) is 10.0 Å². The van der Waals surface area contributed by atoms with Gasteiger partial charge in [0.2, 0.25) is 12.3 Å². The maximum Gasteiger partial charge on any atom is 0.262 e. The second-order valence-corrected chi connectivity index (χ2v) is 5.52. The van der Waals surface area contributed by atoms with Crippen LogP contribution in [0.25, 0.3) is 11.5 Å². The summed E-state index contributed by atoms with van der Waals surface area (Å²) >= 11 is 12.0. The molecule has 8 heteroatoms. The monoisotopic (exact) mass is 363 g/mol. The van der Waals surface area contributed by atoms with Gasteiger partial charge in [-0.15, -0.1) is 10.2 Å². The Kier molecular flexibility index (Phi) is 4.98. The van der Waals surface area contributed by atoms with Gasteiger partial charge in [0.1, 0.15) is 5.75 Å². The van der Waals surface area contributed by atoms with Crippen molar-refractivity contribution in [1.29, 1.82) is 0 Å². The summed E-state index contributed by atoms with van der Waals surface area (Å²) in [6.07, 6.45) is 1.25. The molecule has 0 saturated carbocycles. The summed E-state index contributed by atoms with van der Waals surface area (Å²) in [4.78, 5) is 12.0. The van der Waals surface area contributed by atoms with Crippen LogP contribution >= 0.6 is 23.2 Å². The van der Waals surface area contributed by atoms with Crippen molar-refractivity contribution >= 4 is 34.8 Å². The first-order chi connectivity index (χ1) is 11.6. The predicted octanol–water partition coefficient (Wildman–Crippen LogP) is 4.06. The van der Waals surface area contributed by atoms with Crippen LogP contribution in [0.1, 0.15) is 0 Å². The lowest BCUT2D eigenvalue weighted by atomic mass is 10.2. The van der Waals surface area contributed by atoms with Gasteiger partial charge in [0.05, 0.1) is 15.7 Å². The standard InChI is InChI=1S/C16H11Cl2N3O3/c17-12-2-1-3-13(18)15(12)20-14(22)8-23-11-6-4-10(5-7-11)16-21-19-9-24-16/h1-7,9H,8H2,(H,20,22). The predicted molar refractivity (Wildman–Crippen MR) is 90.3 cm³/mol. The zero-order chi connectivity index (χ0) is 16.9. The number of aromatic nitrogens is 2. The van der Waals surface area contributed by atoms with Crippen LogP contribution < -0.4 is 10.1 Å². The molecule has 6 nitrogen and oxygen atoms in total. The molecule has 24 heavy (non-hydrogen) atoms. The van der Waals surface area contributed by atoms with Gasteiger partial charge in [-0.1, -0.05) is 29.3 Å². The lowest BCUT2D eigenvalue weighted by Gasteiger charge is -2.10. The summed E-state index contributed by atoms with van der Waals surface area (Å²) < 4.78 is 10.5. The molecule has 0 spiro atoms. The molecule has 0 bridgehead atoms. The molecular formula is C16H11Cl2N3O3. The Labute approximate surface area is 147 Å². The Balaban J connectivity index is 1.58. The Hall–Kier alpha value is -2.57. The van der Waals surface area contributed by atoms with E-state index in [0.717, 1.165) is 5.56 Å². The van der Waals surface area contributed by atoms with Crippen molar-refractivity contribution in [3.8, 4) is 17.2 Å². The summed E-state index contributed by atoms with van der Waals surface area (Å²) in [6.45, 7) is -0.179. The van der Waals surface area contributed by atoms with Gasteiger partial charge < -0.3 is 14.5 Å². The van der Waals surface area contributed by atoms with Crippen molar-refractivity contribution in [1.82, 2.24) is 10.2 Å². The number of ether oxygens (including phenoxy) is 1. The first-order valence-electron chi connectivity index (χ1n) is 6.87. The van der Waals surface area contributed by atoms with Gasteiger partial charge >= 0.3 is 0 Å². The lowest BCUT2D eigenvalue weighted by Crippen LogP contribution is -2.20. The zero-order valence-corrected chi connectivity index (χ0v) is 13.7. The second kappa shape index (κ2) is 7.33. The number of halogens is 2.